The molecule has 0 aromatic carbocycles. The van der Waals surface area contributed by atoms with Crippen LogP contribution in [0.5, 0.6) is 5.88 Å². The van der Waals surface area contributed by atoms with Crippen molar-refractivity contribution < 1.29 is 4.74 Å². The fourth-order valence-corrected chi connectivity index (χ4v) is 2.81. The van der Waals surface area contributed by atoms with Crippen molar-refractivity contribution in [3.63, 3.8) is 0 Å². The van der Waals surface area contributed by atoms with E-state index in [9.17, 15) is 0 Å². The average Bonchev–Trinajstić information content (AvgIpc) is 3.07. The molecule has 0 N–H and O–H groups in total. The molecular formula is C16H14N2OS2. The number of thioether (sulfide) groups is 1. The Hall–Kier alpha value is -1.85. The van der Waals surface area contributed by atoms with Gasteiger partial charge >= 0.3 is 0 Å². The van der Waals surface area contributed by atoms with E-state index in [1.54, 1.807) is 23.1 Å². The van der Waals surface area contributed by atoms with E-state index in [0.717, 1.165) is 16.3 Å². The van der Waals surface area contributed by atoms with Gasteiger partial charge in [-0.25, -0.2) is 4.98 Å². The maximum Gasteiger partial charge on any atom is 0.214 e. The van der Waals surface area contributed by atoms with Crippen LogP contribution in [0, 0.1) is 0 Å². The lowest BCUT2D eigenvalue weighted by Gasteiger charge is -2.06. The fourth-order valence-electron chi connectivity index (χ4n) is 1.83. The number of ether oxygens (including phenoxy) is 1. The normalized spacial score (nSPS) is 10.5. The summed E-state index contributed by atoms with van der Waals surface area (Å²) in [4.78, 5) is 11.3. The minimum absolute atomic E-state index is 0.549. The zero-order valence-corrected chi connectivity index (χ0v) is 13.2. The third-order valence-corrected chi connectivity index (χ3v) is 4.46. The zero-order valence-electron chi connectivity index (χ0n) is 11.5. The van der Waals surface area contributed by atoms with E-state index >= 15 is 0 Å². The van der Waals surface area contributed by atoms with Crippen LogP contribution in [0.1, 0.15) is 4.88 Å². The molecule has 0 atom stereocenters. The van der Waals surface area contributed by atoms with Crippen LogP contribution in [0.4, 0.5) is 0 Å². The summed E-state index contributed by atoms with van der Waals surface area (Å²) < 4.78 is 5.72. The molecule has 3 aromatic rings. The topological polar surface area (TPSA) is 35.0 Å². The zero-order chi connectivity index (χ0) is 14.5. The highest BCUT2D eigenvalue weighted by molar-refractivity contribution is 7.98. The maximum atomic E-state index is 5.72. The van der Waals surface area contributed by atoms with E-state index in [0.29, 0.717) is 12.5 Å². The van der Waals surface area contributed by atoms with Gasteiger partial charge in [0.15, 0.2) is 0 Å². The van der Waals surface area contributed by atoms with Gasteiger partial charge in [0.2, 0.25) is 5.88 Å². The summed E-state index contributed by atoms with van der Waals surface area (Å²) in [7, 11) is 0. The number of thiophene rings is 1. The number of rotatable bonds is 5. The van der Waals surface area contributed by atoms with E-state index in [1.165, 1.54) is 4.88 Å². The first-order chi connectivity index (χ1) is 10.3. The Labute approximate surface area is 132 Å². The molecule has 3 rings (SSSR count). The number of hydrogen-bond donors (Lipinski definition) is 0. The maximum absolute atomic E-state index is 5.72. The van der Waals surface area contributed by atoms with E-state index in [1.807, 2.05) is 54.2 Å². The first-order valence-corrected chi connectivity index (χ1v) is 8.58. The molecule has 106 valence electrons. The van der Waals surface area contributed by atoms with Gasteiger partial charge in [-0.2, -0.15) is 0 Å². The third kappa shape index (κ3) is 3.62. The standard InChI is InChI=1S/C16H14N2OS2/c1-20-12-7-8-14(17-10-12)15-5-2-6-16(18-15)19-11-13-4-3-9-21-13/h2-10H,11H2,1H3. The summed E-state index contributed by atoms with van der Waals surface area (Å²) in [5.41, 5.74) is 1.68. The van der Waals surface area contributed by atoms with Gasteiger partial charge in [0.25, 0.3) is 0 Å². The summed E-state index contributed by atoms with van der Waals surface area (Å²) in [5, 5.41) is 2.04. The lowest BCUT2D eigenvalue weighted by Crippen LogP contribution is -1.96. The summed E-state index contributed by atoms with van der Waals surface area (Å²) in [6.07, 6.45) is 3.90. The Bertz CT molecular complexity index is 697. The highest BCUT2D eigenvalue weighted by Gasteiger charge is 2.04. The van der Waals surface area contributed by atoms with Crippen LogP contribution in [0.3, 0.4) is 0 Å². The van der Waals surface area contributed by atoms with Gasteiger partial charge in [-0.05, 0) is 35.9 Å². The Morgan fingerprint density at radius 1 is 1.10 bits per heavy atom. The molecule has 0 unspecified atom stereocenters. The van der Waals surface area contributed by atoms with Crippen molar-refractivity contribution in [1.29, 1.82) is 0 Å². The molecule has 3 nitrogen and oxygen atoms in total. The lowest BCUT2D eigenvalue weighted by atomic mass is 10.2. The van der Waals surface area contributed by atoms with Crippen LogP contribution in [0.2, 0.25) is 0 Å². The molecule has 0 saturated heterocycles. The molecule has 0 fully saturated rings. The number of pyridine rings is 2. The molecule has 3 heterocycles. The summed E-state index contributed by atoms with van der Waals surface area (Å²) >= 11 is 3.36. The molecule has 0 saturated carbocycles. The predicted molar refractivity (Wildman–Crippen MR) is 87.9 cm³/mol. The van der Waals surface area contributed by atoms with Crippen molar-refractivity contribution in [1.82, 2.24) is 9.97 Å². The van der Waals surface area contributed by atoms with E-state index in [-0.39, 0.29) is 0 Å². The number of aromatic nitrogens is 2. The van der Waals surface area contributed by atoms with E-state index < -0.39 is 0 Å². The van der Waals surface area contributed by atoms with Gasteiger partial charge in [0.1, 0.15) is 6.61 Å². The predicted octanol–water partition coefficient (Wildman–Crippen LogP) is 4.51. The molecule has 0 spiro atoms. The molecule has 0 bridgehead atoms. The minimum Gasteiger partial charge on any atom is -0.472 e. The summed E-state index contributed by atoms with van der Waals surface area (Å²) in [6, 6.07) is 13.9. The fraction of sp³-hybridized carbons (Fsp3) is 0.125. The van der Waals surface area contributed by atoms with E-state index in [2.05, 4.69) is 16.0 Å². The number of hydrogen-bond acceptors (Lipinski definition) is 5. The monoisotopic (exact) mass is 314 g/mol. The molecule has 3 aromatic heterocycles. The van der Waals surface area contributed by atoms with Crippen LogP contribution in [0.15, 0.2) is 58.9 Å². The Kier molecular flexibility index (Phi) is 4.52. The Morgan fingerprint density at radius 3 is 2.76 bits per heavy atom. The molecule has 0 aliphatic rings. The quantitative estimate of drug-likeness (QED) is 0.649. The van der Waals surface area contributed by atoms with Gasteiger partial charge in [-0.15, -0.1) is 23.1 Å². The van der Waals surface area contributed by atoms with Crippen molar-refractivity contribution in [2.45, 2.75) is 11.5 Å². The van der Waals surface area contributed by atoms with Crippen molar-refractivity contribution in [3.8, 4) is 17.3 Å². The second kappa shape index (κ2) is 6.74. The van der Waals surface area contributed by atoms with Gasteiger partial charge < -0.3 is 4.74 Å². The van der Waals surface area contributed by atoms with Gasteiger partial charge in [0, 0.05) is 22.0 Å². The molecule has 0 aliphatic heterocycles. The molecule has 0 aliphatic carbocycles. The summed E-state index contributed by atoms with van der Waals surface area (Å²) in [5.74, 6) is 0.622. The van der Waals surface area contributed by atoms with Crippen LogP contribution < -0.4 is 4.74 Å². The van der Waals surface area contributed by atoms with Crippen molar-refractivity contribution in [2.24, 2.45) is 0 Å². The highest BCUT2D eigenvalue weighted by atomic mass is 32.2. The van der Waals surface area contributed by atoms with Gasteiger partial charge in [-0.1, -0.05) is 12.1 Å². The van der Waals surface area contributed by atoms with Gasteiger partial charge in [-0.3, -0.25) is 4.98 Å². The molecule has 0 amide bonds. The molecule has 21 heavy (non-hydrogen) atoms. The summed E-state index contributed by atoms with van der Waals surface area (Å²) in [6.45, 7) is 0.549. The smallest absolute Gasteiger partial charge is 0.214 e. The average molecular weight is 314 g/mol. The third-order valence-electron chi connectivity index (χ3n) is 2.90. The Balaban J connectivity index is 1.75. The largest absolute Gasteiger partial charge is 0.472 e. The highest BCUT2D eigenvalue weighted by Crippen LogP contribution is 2.21. The lowest BCUT2D eigenvalue weighted by molar-refractivity contribution is 0.297. The molecule has 0 radical (unpaired) electrons. The Morgan fingerprint density at radius 2 is 2.05 bits per heavy atom. The van der Waals surface area contributed by atoms with Crippen LogP contribution in [-0.2, 0) is 6.61 Å². The first kappa shape index (κ1) is 14.1. The molecule has 5 heteroatoms. The van der Waals surface area contributed by atoms with Gasteiger partial charge in [0.05, 0.1) is 11.4 Å². The second-order valence-electron chi connectivity index (χ2n) is 4.31. The van der Waals surface area contributed by atoms with E-state index in [4.69, 9.17) is 4.74 Å². The van der Waals surface area contributed by atoms with Crippen molar-refractivity contribution in [3.05, 3.63) is 58.9 Å². The minimum atomic E-state index is 0.549. The second-order valence-corrected chi connectivity index (χ2v) is 6.22. The first-order valence-electron chi connectivity index (χ1n) is 6.48. The SMILES string of the molecule is CSc1ccc(-c2cccc(OCc3cccs3)n2)nc1. The van der Waals surface area contributed by atoms with Crippen LogP contribution >= 0.6 is 23.1 Å². The van der Waals surface area contributed by atoms with Crippen LogP contribution in [-0.4, -0.2) is 16.2 Å². The van der Waals surface area contributed by atoms with Crippen molar-refractivity contribution in [2.75, 3.05) is 6.26 Å². The van der Waals surface area contributed by atoms with Crippen molar-refractivity contribution >= 4 is 23.1 Å². The molecular weight excluding hydrogens is 300 g/mol. The number of nitrogens with zero attached hydrogens (tertiary/aromatic N) is 2. The van der Waals surface area contributed by atoms with Crippen LogP contribution in [0.25, 0.3) is 11.4 Å².